The molecule has 0 saturated heterocycles. The van der Waals surface area contributed by atoms with Crippen molar-refractivity contribution in [3.05, 3.63) is 12.2 Å². The first kappa shape index (κ1) is 8.79. The summed E-state index contributed by atoms with van der Waals surface area (Å²) in [4.78, 5) is 11.2. The predicted molar refractivity (Wildman–Crippen MR) is 50.1 cm³/mol. The molecular weight excluding hydrogens is 164 g/mol. The molecule has 0 aromatic carbocycles. The van der Waals surface area contributed by atoms with Crippen molar-refractivity contribution < 1.29 is 9.53 Å². The van der Waals surface area contributed by atoms with Crippen molar-refractivity contribution in [1.29, 1.82) is 0 Å². The predicted octanol–water partition coefficient (Wildman–Crippen LogP) is 2.29. The molecule has 1 saturated carbocycles. The summed E-state index contributed by atoms with van der Waals surface area (Å²) >= 11 is 0. The van der Waals surface area contributed by atoms with Gasteiger partial charge in [0, 0.05) is 12.3 Å². The Labute approximate surface area is 79.0 Å². The molecule has 72 valence electrons. The van der Waals surface area contributed by atoms with Gasteiger partial charge in [-0.05, 0) is 25.2 Å². The van der Waals surface area contributed by atoms with Gasteiger partial charge in [0.15, 0.2) is 0 Å². The Morgan fingerprint density at radius 2 is 2.46 bits per heavy atom. The van der Waals surface area contributed by atoms with Gasteiger partial charge in [-0.25, -0.2) is 0 Å². The quantitative estimate of drug-likeness (QED) is 0.492. The van der Waals surface area contributed by atoms with Crippen molar-refractivity contribution in [2.45, 2.75) is 38.7 Å². The van der Waals surface area contributed by atoms with E-state index in [0.717, 1.165) is 19.3 Å². The molecule has 2 aliphatic rings. The van der Waals surface area contributed by atoms with Gasteiger partial charge < -0.3 is 4.74 Å². The lowest BCUT2D eigenvalue weighted by Crippen LogP contribution is -2.41. The van der Waals surface area contributed by atoms with E-state index in [1.165, 1.54) is 0 Å². The summed E-state index contributed by atoms with van der Waals surface area (Å²) in [5.74, 6) is 1.30. The number of ether oxygens (including phenoxy) is 1. The lowest BCUT2D eigenvalue weighted by atomic mass is 9.73. The van der Waals surface area contributed by atoms with Gasteiger partial charge in [-0.15, -0.1) is 0 Å². The van der Waals surface area contributed by atoms with E-state index >= 15 is 0 Å². The topological polar surface area (TPSA) is 26.3 Å². The summed E-state index contributed by atoms with van der Waals surface area (Å²) in [6.45, 7) is 2.00. The van der Waals surface area contributed by atoms with E-state index in [0.29, 0.717) is 18.3 Å². The minimum absolute atomic E-state index is 0.0159. The zero-order chi connectivity index (χ0) is 9.26. The average molecular weight is 180 g/mol. The maximum absolute atomic E-state index is 11.2. The van der Waals surface area contributed by atoms with Crippen LogP contribution in [0.25, 0.3) is 0 Å². The van der Waals surface area contributed by atoms with Crippen LogP contribution in [0.3, 0.4) is 0 Å². The van der Waals surface area contributed by atoms with E-state index in [1.807, 2.05) is 6.92 Å². The second-order valence-corrected chi connectivity index (χ2v) is 4.01. The molecule has 1 fully saturated rings. The Balaban J connectivity index is 1.76. The van der Waals surface area contributed by atoms with Crippen molar-refractivity contribution in [2.75, 3.05) is 0 Å². The lowest BCUT2D eigenvalue weighted by molar-refractivity contribution is -0.160. The standard InChI is InChI=1S/C11H16O2/c1-2-4-11(12)13-10-7-8-5-3-6-9(8)10/h3,5,8-10H,2,4,6-7H2,1H3/t8-,9-,10+/m0/s1. The highest BCUT2D eigenvalue weighted by atomic mass is 16.5. The van der Waals surface area contributed by atoms with Crippen LogP contribution >= 0.6 is 0 Å². The zero-order valence-electron chi connectivity index (χ0n) is 8.03. The van der Waals surface area contributed by atoms with Crippen molar-refractivity contribution in [3.63, 3.8) is 0 Å². The molecule has 13 heavy (non-hydrogen) atoms. The SMILES string of the molecule is CCCC(=O)O[C@@H]1C[C@@H]2C=CC[C@@H]21. The third-order valence-electron chi connectivity index (χ3n) is 3.06. The van der Waals surface area contributed by atoms with E-state index in [2.05, 4.69) is 12.2 Å². The van der Waals surface area contributed by atoms with Gasteiger partial charge >= 0.3 is 5.97 Å². The van der Waals surface area contributed by atoms with Crippen LogP contribution < -0.4 is 0 Å². The Morgan fingerprint density at radius 3 is 3.15 bits per heavy atom. The molecule has 3 atom stereocenters. The molecule has 0 N–H and O–H groups in total. The molecule has 0 radical (unpaired) electrons. The van der Waals surface area contributed by atoms with Gasteiger partial charge in [-0.3, -0.25) is 4.79 Å². The van der Waals surface area contributed by atoms with Crippen LogP contribution in [0.1, 0.15) is 32.6 Å². The van der Waals surface area contributed by atoms with Gasteiger partial charge in [0.2, 0.25) is 0 Å². The van der Waals surface area contributed by atoms with Crippen LogP contribution in [0, 0.1) is 11.8 Å². The number of esters is 1. The molecule has 0 unspecified atom stereocenters. The smallest absolute Gasteiger partial charge is 0.306 e. The molecule has 0 aromatic rings. The molecule has 0 amide bonds. The van der Waals surface area contributed by atoms with E-state index in [9.17, 15) is 4.79 Å². The lowest BCUT2D eigenvalue weighted by Gasteiger charge is -2.39. The molecular formula is C11H16O2. The second kappa shape index (κ2) is 3.52. The minimum atomic E-state index is -0.0159. The first-order valence-electron chi connectivity index (χ1n) is 5.17. The summed E-state index contributed by atoms with van der Waals surface area (Å²) in [7, 11) is 0. The minimum Gasteiger partial charge on any atom is -0.462 e. The Kier molecular flexibility index (Phi) is 2.38. The summed E-state index contributed by atoms with van der Waals surface area (Å²) in [6.07, 6.45) is 8.31. The third kappa shape index (κ3) is 1.62. The number of hydrogen-bond acceptors (Lipinski definition) is 2. The van der Waals surface area contributed by atoms with Gasteiger partial charge in [-0.1, -0.05) is 19.1 Å². The number of hydrogen-bond donors (Lipinski definition) is 0. The van der Waals surface area contributed by atoms with Gasteiger partial charge in [0.05, 0.1) is 0 Å². The molecule has 0 bridgehead atoms. The Morgan fingerprint density at radius 1 is 1.62 bits per heavy atom. The molecule has 2 aliphatic carbocycles. The summed E-state index contributed by atoms with van der Waals surface area (Å²) < 4.78 is 5.36. The number of allylic oxidation sites excluding steroid dienone is 2. The van der Waals surface area contributed by atoms with Crippen LogP contribution in [-0.4, -0.2) is 12.1 Å². The van der Waals surface area contributed by atoms with E-state index in [1.54, 1.807) is 0 Å². The number of rotatable bonds is 3. The fraction of sp³-hybridized carbons (Fsp3) is 0.727. The molecule has 2 heteroatoms. The van der Waals surface area contributed by atoms with Crippen LogP contribution in [0.15, 0.2) is 12.2 Å². The normalized spacial score (nSPS) is 35.3. The highest BCUT2D eigenvalue weighted by molar-refractivity contribution is 5.69. The molecule has 2 rings (SSSR count). The monoisotopic (exact) mass is 180 g/mol. The number of fused-ring (bicyclic) bond motifs is 1. The van der Waals surface area contributed by atoms with Crippen molar-refractivity contribution in [2.24, 2.45) is 11.8 Å². The Hall–Kier alpha value is -0.790. The number of carbonyl (C=O) groups is 1. The molecule has 0 aromatic heterocycles. The molecule has 0 heterocycles. The first-order valence-corrected chi connectivity index (χ1v) is 5.17. The fourth-order valence-corrected chi connectivity index (χ4v) is 2.22. The van der Waals surface area contributed by atoms with Crippen LogP contribution in [0.4, 0.5) is 0 Å². The first-order chi connectivity index (χ1) is 6.31. The van der Waals surface area contributed by atoms with E-state index < -0.39 is 0 Å². The van der Waals surface area contributed by atoms with E-state index in [-0.39, 0.29) is 12.1 Å². The second-order valence-electron chi connectivity index (χ2n) is 4.01. The van der Waals surface area contributed by atoms with Crippen LogP contribution in [0.2, 0.25) is 0 Å². The van der Waals surface area contributed by atoms with Gasteiger partial charge in [0.25, 0.3) is 0 Å². The van der Waals surface area contributed by atoms with Crippen molar-refractivity contribution in [3.8, 4) is 0 Å². The highest BCUT2D eigenvalue weighted by Crippen LogP contribution is 2.44. The van der Waals surface area contributed by atoms with Crippen LogP contribution in [-0.2, 0) is 9.53 Å². The maximum atomic E-state index is 11.2. The summed E-state index contributed by atoms with van der Waals surface area (Å²) in [5, 5.41) is 0. The average Bonchev–Trinajstić information content (AvgIpc) is 2.43. The van der Waals surface area contributed by atoms with E-state index in [4.69, 9.17) is 4.74 Å². The van der Waals surface area contributed by atoms with Crippen LogP contribution in [0.5, 0.6) is 0 Å². The molecule has 0 aliphatic heterocycles. The van der Waals surface area contributed by atoms with Crippen molar-refractivity contribution in [1.82, 2.24) is 0 Å². The molecule has 2 nitrogen and oxygen atoms in total. The fourth-order valence-electron chi connectivity index (χ4n) is 2.22. The Bertz CT molecular complexity index is 232. The third-order valence-corrected chi connectivity index (χ3v) is 3.06. The number of carbonyl (C=O) groups excluding carboxylic acids is 1. The molecule has 0 spiro atoms. The van der Waals surface area contributed by atoms with Gasteiger partial charge in [0.1, 0.15) is 6.10 Å². The summed E-state index contributed by atoms with van der Waals surface area (Å²) in [6, 6.07) is 0. The zero-order valence-corrected chi connectivity index (χ0v) is 8.03. The maximum Gasteiger partial charge on any atom is 0.306 e. The highest BCUT2D eigenvalue weighted by Gasteiger charge is 2.43. The van der Waals surface area contributed by atoms with Gasteiger partial charge in [-0.2, -0.15) is 0 Å². The largest absolute Gasteiger partial charge is 0.462 e. The summed E-state index contributed by atoms with van der Waals surface area (Å²) in [5.41, 5.74) is 0. The van der Waals surface area contributed by atoms with Crippen molar-refractivity contribution >= 4 is 5.97 Å².